The first-order chi connectivity index (χ1) is 7.31. The van der Waals surface area contributed by atoms with Gasteiger partial charge < -0.3 is 10.2 Å². The summed E-state index contributed by atoms with van der Waals surface area (Å²) in [7, 11) is 0. The molecule has 1 aliphatic heterocycles. The van der Waals surface area contributed by atoms with Crippen molar-refractivity contribution in [3.05, 3.63) is 0 Å². The van der Waals surface area contributed by atoms with Gasteiger partial charge in [0, 0.05) is 6.04 Å². The van der Waals surface area contributed by atoms with Crippen LogP contribution in [0.25, 0.3) is 0 Å². The summed E-state index contributed by atoms with van der Waals surface area (Å²) in [5.41, 5.74) is 0. The van der Waals surface area contributed by atoms with Crippen LogP contribution in [0, 0.1) is 0 Å². The summed E-state index contributed by atoms with van der Waals surface area (Å²) in [6.45, 7) is 5.24. The second-order valence-electron chi connectivity index (χ2n) is 4.53. The molecule has 1 saturated carbocycles. The van der Waals surface area contributed by atoms with E-state index in [-0.39, 0.29) is 0 Å². The molecule has 0 unspecified atom stereocenters. The number of rotatable bonds is 2. The van der Waals surface area contributed by atoms with Crippen LogP contribution < -0.4 is 5.32 Å². The quantitative estimate of drug-likeness (QED) is 0.724. The molecule has 2 aliphatic rings. The van der Waals surface area contributed by atoms with E-state index in [0.717, 1.165) is 25.0 Å². The Hall–Kier alpha value is -0.350. The van der Waals surface area contributed by atoms with E-state index in [1.165, 1.54) is 32.1 Å². The van der Waals surface area contributed by atoms with E-state index >= 15 is 0 Å². The van der Waals surface area contributed by atoms with Crippen molar-refractivity contribution < 1.29 is 0 Å². The van der Waals surface area contributed by atoms with Crippen molar-refractivity contribution in [1.29, 1.82) is 0 Å². The van der Waals surface area contributed by atoms with Gasteiger partial charge in [0.25, 0.3) is 0 Å². The molecule has 1 saturated heterocycles. The molecule has 0 aromatic carbocycles. The molecule has 0 aromatic rings. The predicted molar refractivity (Wildman–Crippen MR) is 66.6 cm³/mol. The maximum atomic E-state index is 5.40. The van der Waals surface area contributed by atoms with Gasteiger partial charge in [0.2, 0.25) is 0 Å². The fourth-order valence-corrected chi connectivity index (χ4v) is 2.77. The molecule has 0 bridgehead atoms. The van der Waals surface area contributed by atoms with Crippen LogP contribution in [-0.2, 0) is 0 Å². The van der Waals surface area contributed by atoms with Gasteiger partial charge in [0.15, 0.2) is 5.11 Å². The average Bonchev–Trinajstić information content (AvgIpc) is 2.31. The Morgan fingerprint density at radius 2 is 2.07 bits per heavy atom. The molecular formula is C11H21N3S. The van der Waals surface area contributed by atoms with Crippen LogP contribution in [0.3, 0.4) is 0 Å². The van der Waals surface area contributed by atoms with Gasteiger partial charge in [0.1, 0.15) is 0 Å². The lowest BCUT2D eigenvalue weighted by molar-refractivity contribution is 0.112. The van der Waals surface area contributed by atoms with Gasteiger partial charge in [-0.2, -0.15) is 0 Å². The number of nitrogens with zero attached hydrogens (tertiary/aromatic N) is 2. The van der Waals surface area contributed by atoms with Crippen LogP contribution in [0.2, 0.25) is 0 Å². The van der Waals surface area contributed by atoms with Crippen molar-refractivity contribution in [3.8, 4) is 0 Å². The SMILES string of the molecule is CCN1CNC(=S)N(C2CCCCC2)C1. The molecule has 3 nitrogen and oxygen atoms in total. The van der Waals surface area contributed by atoms with Gasteiger partial charge in [-0.05, 0) is 31.6 Å². The summed E-state index contributed by atoms with van der Waals surface area (Å²) in [5, 5.41) is 4.28. The highest BCUT2D eigenvalue weighted by molar-refractivity contribution is 7.80. The van der Waals surface area contributed by atoms with E-state index < -0.39 is 0 Å². The van der Waals surface area contributed by atoms with Crippen molar-refractivity contribution in [2.75, 3.05) is 19.9 Å². The topological polar surface area (TPSA) is 18.5 Å². The molecule has 2 fully saturated rings. The smallest absolute Gasteiger partial charge is 0.171 e. The zero-order chi connectivity index (χ0) is 10.7. The minimum Gasteiger partial charge on any atom is -0.350 e. The molecule has 0 amide bonds. The zero-order valence-electron chi connectivity index (χ0n) is 9.54. The normalized spacial score (nSPS) is 25.4. The third-order valence-corrected chi connectivity index (χ3v) is 3.91. The third kappa shape index (κ3) is 2.61. The summed E-state index contributed by atoms with van der Waals surface area (Å²) in [6, 6.07) is 0.688. The van der Waals surface area contributed by atoms with Crippen molar-refractivity contribution in [3.63, 3.8) is 0 Å². The van der Waals surface area contributed by atoms with Crippen molar-refractivity contribution in [1.82, 2.24) is 15.1 Å². The molecule has 0 radical (unpaired) electrons. The molecule has 1 aliphatic carbocycles. The molecule has 0 spiro atoms. The Morgan fingerprint density at radius 3 is 2.73 bits per heavy atom. The summed E-state index contributed by atoms with van der Waals surface area (Å²) in [5.74, 6) is 0. The van der Waals surface area contributed by atoms with Crippen molar-refractivity contribution >= 4 is 17.3 Å². The molecule has 4 heteroatoms. The lowest BCUT2D eigenvalue weighted by atomic mass is 9.94. The van der Waals surface area contributed by atoms with E-state index in [4.69, 9.17) is 12.2 Å². The van der Waals surface area contributed by atoms with Gasteiger partial charge in [-0.3, -0.25) is 4.90 Å². The lowest BCUT2D eigenvalue weighted by Crippen LogP contribution is -2.59. The monoisotopic (exact) mass is 227 g/mol. The van der Waals surface area contributed by atoms with Gasteiger partial charge in [-0.15, -0.1) is 0 Å². The first-order valence-corrected chi connectivity index (χ1v) is 6.49. The minimum atomic E-state index is 0.688. The fourth-order valence-electron chi connectivity index (χ4n) is 2.50. The number of hydrogen-bond donors (Lipinski definition) is 1. The second-order valence-corrected chi connectivity index (χ2v) is 4.92. The van der Waals surface area contributed by atoms with Crippen molar-refractivity contribution in [2.24, 2.45) is 0 Å². The highest BCUT2D eigenvalue weighted by atomic mass is 32.1. The lowest BCUT2D eigenvalue weighted by Gasteiger charge is -2.43. The van der Waals surface area contributed by atoms with E-state index in [9.17, 15) is 0 Å². The molecular weight excluding hydrogens is 206 g/mol. The van der Waals surface area contributed by atoms with Crippen LogP contribution in [0.5, 0.6) is 0 Å². The Labute approximate surface area is 97.8 Å². The number of hydrogen-bond acceptors (Lipinski definition) is 2. The van der Waals surface area contributed by atoms with Crippen LogP contribution >= 0.6 is 12.2 Å². The first kappa shape index (κ1) is 11.1. The Kier molecular flexibility index (Phi) is 3.81. The van der Waals surface area contributed by atoms with E-state index in [2.05, 4.69) is 22.0 Å². The molecule has 2 rings (SSSR count). The van der Waals surface area contributed by atoms with Gasteiger partial charge in [0.05, 0.1) is 13.3 Å². The molecule has 15 heavy (non-hydrogen) atoms. The Morgan fingerprint density at radius 1 is 1.33 bits per heavy atom. The minimum absolute atomic E-state index is 0.688. The molecule has 1 N–H and O–H groups in total. The summed E-state index contributed by atoms with van der Waals surface area (Å²) < 4.78 is 0. The first-order valence-electron chi connectivity index (χ1n) is 6.08. The average molecular weight is 227 g/mol. The molecule has 1 heterocycles. The van der Waals surface area contributed by atoms with Crippen molar-refractivity contribution in [2.45, 2.75) is 45.1 Å². The maximum Gasteiger partial charge on any atom is 0.171 e. The number of thiocarbonyl (C=S) groups is 1. The number of nitrogens with one attached hydrogen (secondary N) is 1. The highest BCUT2D eigenvalue weighted by Gasteiger charge is 2.27. The highest BCUT2D eigenvalue weighted by Crippen LogP contribution is 2.23. The summed E-state index contributed by atoms with van der Waals surface area (Å²) >= 11 is 5.40. The van der Waals surface area contributed by atoms with Crippen LogP contribution in [-0.4, -0.2) is 40.8 Å². The molecule has 0 aromatic heterocycles. The standard InChI is InChI=1S/C11H21N3S/c1-2-13-8-12-11(15)14(9-13)10-6-4-3-5-7-10/h10H,2-9H2,1H3,(H,12,15). The summed E-state index contributed by atoms with van der Waals surface area (Å²) in [4.78, 5) is 4.78. The van der Waals surface area contributed by atoms with Gasteiger partial charge >= 0.3 is 0 Å². The van der Waals surface area contributed by atoms with Crippen LogP contribution in [0.15, 0.2) is 0 Å². The van der Waals surface area contributed by atoms with Crippen LogP contribution in [0.1, 0.15) is 39.0 Å². The van der Waals surface area contributed by atoms with Gasteiger partial charge in [-0.25, -0.2) is 0 Å². The Bertz CT molecular complexity index is 226. The Balaban J connectivity index is 1.95. The summed E-state index contributed by atoms with van der Waals surface area (Å²) in [6.07, 6.45) is 6.78. The maximum absolute atomic E-state index is 5.40. The van der Waals surface area contributed by atoms with E-state index in [1.807, 2.05) is 0 Å². The van der Waals surface area contributed by atoms with Gasteiger partial charge in [-0.1, -0.05) is 26.2 Å². The fraction of sp³-hybridized carbons (Fsp3) is 0.909. The largest absolute Gasteiger partial charge is 0.350 e. The predicted octanol–water partition coefficient (Wildman–Crippen LogP) is 1.75. The van der Waals surface area contributed by atoms with E-state index in [0.29, 0.717) is 6.04 Å². The molecule has 86 valence electrons. The van der Waals surface area contributed by atoms with E-state index in [1.54, 1.807) is 0 Å². The third-order valence-electron chi connectivity index (χ3n) is 3.53. The second kappa shape index (κ2) is 5.12. The molecule has 0 atom stereocenters. The van der Waals surface area contributed by atoms with Crippen LogP contribution in [0.4, 0.5) is 0 Å². The zero-order valence-corrected chi connectivity index (χ0v) is 10.4.